The molecule has 2 aromatic carbocycles. The predicted molar refractivity (Wildman–Crippen MR) is 144 cm³/mol. The third-order valence-corrected chi connectivity index (χ3v) is 6.93. The fourth-order valence-corrected chi connectivity index (χ4v) is 4.79. The van der Waals surface area contributed by atoms with Crippen LogP contribution in [-0.2, 0) is 0 Å². The first-order chi connectivity index (χ1) is 18.0. The fourth-order valence-electron chi connectivity index (χ4n) is 4.61. The second kappa shape index (κ2) is 11.1. The number of hydrogen-bond donors (Lipinski definition) is 4. The molecule has 10 nitrogen and oxygen atoms in total. The summed E-state index contributed by atoms with van der Waals surface area (Å²) >= 11 is 5.90. The standard InChI is InChI=1S/C26H30ClN7O3/c27-19-9-7-8-18(22(19)36)23(37)29-20-11-10-17(16-21(20)35)28-24-30-25(33-12-3-1-4-13-33)32-26(31-24)34-14-5-2-6-15-34/h7-11,16,35-36H,1-6,12-15H2,(H,29,37)(H,28,30,31,32). The molecule has 0 radical (unpaired) electrons. The molecule has 11 heteroatoms. The Balaban J connectivity index is 1.36. The van der Waals surface area contributed by atoms with Gasteiger partial charge in [-0.1, -0.05) is 17.7 Å². The van der Waals surface area contributed by atoms with Gasteiger partial charge in [0, 0.05) is 37.9 Å². The molecule has 37 heavy (non-hydrogen) atoms. The van der Waals surface area contributed by atoms with Crippen LogP contribution >= 0.6 is 11.6 Å². The summed E-state index contributed by atoms with van der Waals surface area (Å²) in [6.07, 6.45) is 6.88. The Bertz CT molecular complexity index is 1240. The van der Waals surface area contributed by atoms with Gasteiger partial charge in [0.05, 0.1) is 16.3 Å². The molecule has 194 valence electrons. The average molecular weight is 524 g/mol. The van der Waals surface area contributed by atoms with Crippen LogP contribution in [0.25, 0.3) is 0 Å². The van der Waals surface area contributed by atoms with Crippen LogP contribution in [-0.4, -0.2) is 57.3 Å². The Morgan fingerprint density at radius 2 is 1.46 bits per heavy atom. The van der Waals surface area contributed by atoms with Crippen LogP contribution < -0.4 is 20.4 Å². The van der Waals surface area contributed by atoms with E-state index in [4.69, 9.17) is 16.6 Å². The summed E-state index contributed by atoms with van der Waals surface area (Å²) in [6, 6.07) is 9.26. The maximum atomic E-state index is 12.6. The second-order valence-corrected chi connectivity index (χ2v) is 9.71. The van der Waals surface area contributed by atoms with Gasteiger partial charge in [0.25, 0.3) is 5.91 Å². The molecular weight excluding hydrogens is 494 g/mol. The van der Waals surface area contributed by atoms with Crippen LogP contribution in [0.4, 0.5) is 29.2 Å². The minimum atomic E-state index is -0.592. The van der Waals surface area contributed by atoms with E-state index in [0.717, 1.165) is 51.9 Å². The van der Waals surface area contributed by atoms with Gasteiger partial charge in [-0.3, -0.25) is 4.79 Å². The Morgan fingerprint density at radius 1 is 0.838 bits per heavy atom. The largest absolute Gasteiger partial charge is 0.506 e. The van der Waals surface area contributed by atoms with Gasteiger partial charge in [-0.05, 0) is 62.8 Å². The highest BCUT2D eigenvalue weighted by Crippen LogP contribution is 2.32. The zero-order valence-corrected chi connectivity index (χ0v) is 21.2. The third kappa shape index (κ3) is 5.80. The van der Waals surface area contributed by atoms with Crippen molar-refractivity contribution in [1.29, 1.82) is 0 Å². The number of nitrogens with one attached hydrogen (secondary N) is 2. The zero-order chi connectivity index (χ0) is 25.8. The molecule has 1 amide bonds. The van der Waals surface area contributed by atoms with Gasteiger partial charge in [-0.25, -0.2) is 0 Å². The summed E-state index contributed by atoms with van der Waals surface area (Å²) in [5.74, 6) is 0.658. The maximum absolute atomic E-state index is 12.6. The highest BCUT2D eigenvalue weighted by atomic mass is 35.5. The van der Waals surface area contributed by atoms with Crippen LogP contribution in [0.5, 0.6) is 11.5 Å². The first-order valence-corrected chi connectivity index (χ1v) is 13.0. The van der Waals surface area contributed by atoms with Crippen LogP contribution in [0.15, 0.2) is 36.4 Å². The fraction of sp³-hybridized carbons (Fsp3) is 0.385. The minimum Gasteiger partial charge on any atom is -0.506 e. The Kier molecular flexibility index (Phi) is 7.45. The monoisotopic (exact) mass is 523 g/mol. The molecule has 0 bridgehead atoms. The van der Waals surface area contributed by atoms with Crippen molar-refractivity contribution in [2.24, 2.45) is 0 Å². The number of nitrogens with zero attached hydrogens (tertiary/aromatic N) is 5. The van der Waals surface area contributed by atoms with Crippen molar-refractivity contribution in [1.82, 2.24) is 15.0 Å². The molecule has 2 aliphatic rings. The van der Waals surface area contributed by atoms with E-state index in [9.17, 15) is 15.0 Å². The quantitative estimate of drug-likeness (QED) is 0.333. The number of aromatic nitrogens is 3. The number of amides is 1. The SMILES string of the molecule is O=C(Nc1ccc(Nc2nc(N3CCCCC3)nc(N3CCCCC3)n2)cc1O)c1cccc(Cl)c1O. The maximum Gasteiger partial charge on any atom is 0.259 e. The highest BCUT2D eigenvalue weighted by molar-refractivity contribution is 6.32. The number of piperidine rings is 2. The van der Waals surface area contributed by atoms with Gasteiger partial charge in [-0.15, -0.1) is 0 Å². The van der Waals surface area contributed by atoms with Crippen molar-refractivity contribution < 1.29 is 15.0 Å². The highest BCUT2D eigenvalue weighted by Gasteiger charge is 2.21. The number of anilines is 5. The number of phenols is 2. The first-order valence-electron chi connectivity index (χ1n) is 12.6. The number of phenolic OH excluding ortho intramolecular Hbond substituents is 2. The molecule has 0 atom stereocenters. The number of hydrogen-bond acceptors (Lipinski definition) is 9. The first kappa shape index (κ1) is 24.9. The van der Waals surface area contributed by atoms with E-state index >= 15 is 0 Å². The molecular formula is C26H30ClN7O3. The van der Waals surface area contributed by atoms with Gasteiger partial charge in [0.15, 0.2) is 0 Å². The van der Waals surface area contributed by atoms with Gasteiger partial charge in [0.2, 0.25) is 17.8 Å². The molecule has 4 N–H and O–H groups in total. The van der Waals surface area contributed by atoms with E-state index in [1.165, 1.54) is 31.0 Å². The van der Waals surface area contributed by atoms with E-state index < -0.39 is 5.91 Å². The van der Waals surface area contributed by atoms with Crippen molar-refractivity contribution in [2.75, 3.05) is 46.6 Å². The average Bonchev–Trinajstić information content (AvgIpc) is 2.92. The molecule has 0 aliphatic carbocycles. The molecule has 1 aromatic heterocycles. The summed E-state index contributed by atoms with van der Waals surface area (Å²) in [5, 5.41) is 26.5. The summed E-state index contributed by atoms with van der Waals surface area (Å²) in [6.45, 7) is 3.67. The lowest BCUT2D eigenvalue weighted by Gasteiger charge is -2.30. The lowest BCUT2D eigenvalue weighted by molar-refractivity contribution is 0.102. The predicted octanol–water partition coefficient (Wildman–Crippen LogP) is 4.91. The lowest BCUT2D eigenvalue weighted by Crippen LogP contribution is -2.34. The normalized spacial score (nSPS) is 15.9. The number of carbonyl (C=O) groups excluding carboxylic acids is 1. The number of para-hydroxylation sites is 1. The van der Waals surface area contributed by atoms with Gasteiger partial charge in [0.1, 0.15) is 11.5 Å². The molecule has 0 unspecified atom stereocenters. The number of halogens is 1. The van der Waals surface area contributed by atoms with Gasteiger partial charge in [-0.2, -0.15) is 15.0 Å². The number of aromatic hydroxyl groups is 2. The van der Waals surface area contributed by atoms with E-state index in [1.54, 1.807) is 18.2 Å². The van der Waals surface area contributed by atoms with Crippen molar-refractivity contribution in [3.63, 3.8) is 0 Å². The number of rotatable bonds is 6. The van der Waals surface area contributed by atoms with Crippen molar-refractivity contribution >= 4 is 46.7 Å². The van der Waals surface area contributed by atoms with Crippen molar-refractivity contribution in [3.05, 3.63) is 47.0 Å². The van der Waals surface area contributed by atoms with Gasteiger partial charge >= 0.3 is 0 Å². The van der Waals surface area contributed by atoms with Crippen LogP contribution in [0.2, 0.25) is 5.02 Å². The van der Waals surface area contributed by atoms with Gasteiger partial charge < -0.3 is 30.6 Å². The topological polar surface area (TPSA) is 127 Å². The van der Waals surface area contributed by atoms with Crippen LogP contribution in [0.3, 0.4) is 0 Å². The van der Waals surface area contributed by atoms with Crippen LogP contribution in [0, 0.1) is 0 Å². The molecule has 5 rings (SSSR count). The van der Waals surface area contributed by atoms with E-state index in [0.29, 0.717) is 23.5 Å². The zero-order valence-electron chi connectivity index (χ0n) is 20.5. The molecule has 2 fully saturated rings. The molecule has 0 saturated carbocycles. The molecule has 0 spiro atoms. The molecule has 3 heterocycles. The molecule has 3 aromatic rings. The lowest BCUT2D eigenvalue weighted by atomic mass is 10.1. The summed E-state index contributed by atoms with van der Waals surface area (Å²) in [7, 11) is 0. The second-order valence-electron chi connectivity index (χ2n) is 9.30. The summed E-state index contributed by atoms with van der Waals surface area (Å²) < 4.78 is 0. The minimum absolute atomic E-state index is 0.00905. The Morgan fingerprint density at radius 3 is 2.05 bits per heavy atom. The van der Waals surface area contributed by atoms with Crippen LogP contribution in [0.1, 0.15) is 48.9 Å². The molecule has 2 saturated heterocycles. The van der Waals surface area contributed by atoms with E-state index in [1.807, 2.05) is 0 Å². The number of benzene rings is 2. The molecule has 2 aliphatic heterocycles. The van der Waals surface area contributed by atoms with Crippen molar-refractivity contribution in [3.8, 4) is 11.5 Å². The van der Waals surface area contributed by atoms with E-state index in [-0.39, 0.29) is 27.8 Å². The summed E-state index contributed by atoms with van der Waals surface area (Å²) in [5.41, 5.74) is 0.754. The van der Waals surface area contributed by atoms with E-state index in [2.05, 4.69) is 30.4 Å². The number of carbonyl (C=O) groups is 1. The third-order valence-electron chi connectivity index (χ3n) is 6.62. The Labute approximate surface area is 220 Å². The summed E-state index contributed by atoms with van der Waals surface area (Å²) in [4.78, 5) is 31.1. The van der Waals surface area contributed by atoms with Crippen molar-refractivity contribution in [2.45, 2.75) is 38.5 Å². The smallest absolute Gasteiger partial charge is 0.259 e. The Hall–Kier alpha value is -3.79.